The Bertz CT molecular complexity index is 586. The molecule has 0 aliphatic rings. The second kappa shape index (κ2) is 6.86. The third-order valence-corrected chi connectivity index (χ3v) is 2.82. The summed E-state index contributed by atoms with van der Waals surface area (Å²) in [6.45, 7) is 3.12. The lowest BCUT2D eigenvalue weighted by atomic mass is 10.2. The van der Waals surface area contributed by atoms with E-state index in [9.17, 15) is 4.79 Å². The van der Waals surface area contributed by atoms with E-state index < -0.39 is 0 Å². The Kier molecular flexibility index (Phi) is 4.90. The number of carbonyl (C=O) groups excluding carboxylic acids is 1. The van der Waals surface area contributed by atoms with Gasteiger partial charge in [0.05, 0.1) is 12.4 Å². The van der Waals surface area contributed by atoms with Crippen molar-refractivity contribution in [3.63, 3.8) is 0 Å². The van der Waals surface area contributed by atoms with Crippen molar-refractivity contribution in [2.45, 2.75) is 13.5 Å². The largest absolute Gasteiger partial charge is 0.369 e. The quantitative estimate of drug-likeness (QED) is 0.888. The van der Waals surface area contributed by atoms with Gasteiger partial charge in [0, 0.05) is 18.1 Å². The Morgan fingerprint density at radius 2 is 2.15 bits per heavy atom. The lowest BCUT2D eigenvalue weighted by molar-refractivity contribution is 0.0945. The molecule has 2 rings (SSSR count). The van der Waals surface area contributed by atoms with Gasteiger partial charge in [-0.25, -0.2) is 9.97 Å². The first-order chi connectivity index (χ1) is 9.69. The van der Waals surface area contributed by atoms with Crippen molar-refractivity contribution in [1.82, 2.24) is 15.3 Å². The molecule has 0 aliphatic heterocycles. The van der Waals surface area contributed by atoms with Crippen LogP contribution in [0.5, 0.6) is 0 Å². The van der Waals surface area contributed by atoms with E-state index in [0.717, 1.165) is 12.1 Å². The fraction of sp³-hybridized carbons (Fsp3) is 0.214. The monoisotopic (exact) mass is 290 g/mol. The summed E-state index contributed by atoms with van der Waals surface area (Å²) in [5.41, 5.74) is 1.22. The number of rotatable bonds is 5. The van der Waals surface area contributed by atoms with Crippen LogP contribution in [-0.4, -0.2) is 22.4 Å². The van der Waals surface area contributed by atoms with Crippen LogP contribution < -0.4 is 10.6 Å². The van der Waals surface area contributed by atoms with Crippen LogP contribution in [0.4, 0.5) is 5.82 Å². The van der Waals surface area contributed by atoms with Crippen LogP contribution >= 0.6 is 11.6 Å². The molecule has 0 radical (unpaired) electrons. The van der Waals surface area contributed by atoms with Gasteiger partial charge in [-0.3, -0.25) is 4.79 Å². The number of nitrogens with one attached hydrogen (secondary N) is 2. The van der Waals surface area contributed by atoms with Gasteiger partial charge in [-0.15, -0.1) is 0 Å². The standard InChI is InChI=1S/C14H15ClN4O/c1-2-16-13-9-17-12(8-18-13)14(20)19-7-10-4-3-5-11(15)6-10/h3-6,8-9H,2,7H2,1H3,(H,16,18)(H,19,20). The van der Waals surface area contributed by atoms with E-state index in [-0.39, 0.29) is 11.6 Å². The highest BCUT2D eigenvalue weighted by Gasteiger charge is 2.07. The van der Waals surface area contributed by atoms with Gasteiger partial charge < -0.3 is 10.6 Å². The Hall–Kier alpha value is -2.14. The smallest absolute Gasteiger partial charge is 0.271 e. The summed E-state index contributed by atoms with van der Waals surface area (Å²) in [5, 5.41) is 6.44. The highest BCUT2D eigenvalue weighted by atomic mass is 35.5. The maximum Gasteiger partial charge on any atom is 0.271 e. The predicted octanol–water partition coefficient (Wildman–Crippen LogP) is 2.49. The molecule has 0 spiro atoms. The molecule has 1 amide bonds. The number of amides is 1. The van der Waals surface area contributed by atoms with Crippen LogP contribution in [0.15, 0.2) is 36.7 Å². The minimum atomic E-state index is -0.263. The highest BCUT2D eigenvalue weighted by molar-refractivity contribution is 6.30. The average molecular weight is 291 g/mol. The molecular weight excluding hydrogens is 276 g/mol. The molecule has 104 valence electrons. The molecule has 2 N–H and O–H groups in total. The van der Waals surface area contributed by atoms with Crippen LogP contribution in [0, 0.1) is 0 Å². The molecule has 1 aromatic carbocycles. The number of hydrogen-bond donors (Lipinski definition) is 2. The summed E-state index contributed by atoms with van der Waals surface area (Å²) < 4.78 is 0. The normalized spacial score (nSPS) is 10.1. The van der Waals surface area contributed by atoms with Crippen LogP contribution in [0.25, 0.3) is 0 Å². The van der Waals surface area contributed by atoms with E-state index in [0.29, 0.717) is 17.4 Å². The Morgan fingerprint density at radius 1 is 1.30 bits per heavy atom. The van der Waals surface area contributed by atoms with Gasteiger partial charge in [0.2, 0.25) is 0 Å². The number of halogens is 1. The maximum absolute atomic E-state index is 11.9. The second-order valence-corrected chi connectivity index (χ2v) is 4.57. The fourth-order valence-electron chi connectivity index (χ4n) is 1.64. The van der Waals surface area contributed by atoms with Crippen molar-refractivity contribution < 1.29 is 4.79 Å². The summed E-state index contributed by atoms with van der Waals surface area (Å²) in [6.07, 6.45) is 2.99. The van der Waals surface area contributed by atoms with E-state index in [1.165, 1.54) is 12.4 Å². The Labute approximate surface area is 122 Å². The molecule has 6 heteroatoms. The molecule has 0 unspecified atom stereocenters. The first kappa shape index (κ1) is 14.3. The number of hydrogen-bond acceptors (Lipinski definition) is 4. The zero-order chi connectivity index (χ0) is 14.4. The van der Waals surface area contributed by atoms with Gasteiger partial charge in [0.1, 0.15) is 11.5 Å². The second-order valence-electron chi connectivity index (χ2n) is 4.13. The van der Waals surface area contributed by atoms with Crippen molar-refractivity contribution in [2.24, 2.45) is 0 Å². The van der Waals surface area contributed by atoms with E-state index in [1.54, 1.807) is 6.07 Å². The molecule has 0 aliphatic carbocycles. The molecule has 1 aromatic heterocycles. The summed E-state index contributed by atoms with van der Waals surface area (Å²) in [6, 6.07) is 7.33. The first-order valence-corrected chi connectivity index (χ1v) is 6.65. The van der Waals surface area contributed by atoms with Gasteiger partial charge in [-0.2, -0.15) is 0 Å². The summed E-state index contributed by atoms with van der Waals surface area (Å²) >= 11 is 5.88. The van der Waals surface area contributed by atoms with E-state index >= 15 is 0 Å². The molecule has 5 nitrogen and oxygen atoms in total. The van der Waals surface area contributed by atoms with Crippen molar-refractivity contribution in [3.05, 3.63) is 52.9 Å². The maximum atomic E-state index is 11.9. The fourth-order valence-corrected chi connectivity index (χ4v) is 1.85. The first-order valence-electron chi connectivity index (χ1n) is 6.27. The summed E-state index contributed by atoms with van der Waals surface area (Å²) in [5.74, 6) is 0.388. The molecule has 0 atom stereocenters. The zero-order valence-electron chi connectivity index (χ0n) is 11.1. The Balaban J connectivity index is 1.94. The van der Waals surface area contributed by atoms with E-state index in [4.69, 9.17) is 11.6 Å². The third kappa shape index (κ3) is 3.93. The molecule has 2 aromatic rings. The van der Waals surface area contributed by atoms with E-state index in [1.807, 2.05) is 25.1 Å². The SMILES string of the molecule is CCNc1cnc(C(=O)NCc2cccc(Cl)c2)cn1. The minimum absolute atomic E-state index is 0.263. The molecule has 0 fully saturated rings. The third-order valence-electron chi connectivity index (χ3n) is 2.58. The molecule has 0 saturated heterocycles. The predicted molar refractivity (Wildman–Crippen MR) is 78.8 cm³/mol. The molecule has 20 heavy (non-hydrogen) atoms. The zero-order valence-corrected chi connectivity index (χ0v) is 11.8. The van der Waals surface area contributed by atoms with Gasteiger partial charge in [-0.05, 0) is 24.6 Å². The van der Waals surface area contributed by atoms with Crippen LogP contribution in [0.1, 0.15) is 23.0 Å². The molecule has 1 heterocycles. The lowest BCUT2D eigenvalue weighted by Gasteiger charge is -2.06. The number of anilines is 1. The van der Waals surface area contributed by atoms with Crippen LogP contribution in [0.3, 0.4) is 0 Å². The highest BCUT2D eigenvalue weighted by Crippen LogP contribution is 2.10. The average Bonchev–Trinajstić information content (AvgIpc) is 2.46. The van der Waals surface area contributed by atoms with Gasteiger partial charge >= 0.3 is 0 Å². The number of benzene rings is 1. The minimum Gasteiger partial charge on any atom is -0.369 e. The molecule has 0 saturated carbocycles. The summed E-state index contributed by atoms with van der Waals surface area (Å²) in [4.78, 5) is 20.1. The topological polar surface area (TPSA) is 66.9 Å². The van der Waals surface area contributed by atoms with E-state index in [2.05, 4.69) is 20.6 Å². The van der Waals surface area contributed by atoms with Crippen molar-refractivity contribution >= 4 is 23.3 Å². The van der Waals surface area contributed by atoms with Gasteiger partial charge in [0.25, 0.3) is 5.91 Å². The molecule has 0 bridgehead atoms. The number of carbonyl (C=O) groups is 1. The van der Waals surface area contributed by atoms with Crippen molar-refractivity contribution in [1.29, 1.82) is 0 Å². The molecular formula is C14H15ClN4O. The van der Waals surface area contributed by atoms with Crippen LogP contribution in [0.2, 0.25) is 5.02 Å². The number of nitrogens with zero attached hydrogens (tertiary/aromatic N) is 2. The van der Waals surface area contributed by atoms with Crippen molar-refractivity contribution in [3.8, 4) is 0 Å². The Morgan fingerprint density at radius 3 is 2.80 bits per heavy atom. The van der Waals surface area contributed by atoms with Crippen molar-refractivity contribution in [2.75, 3.05) is 11.9 Å². The number of aromatic nitrogens is 2. The van der Waals surface area contributed by atoms with Gasteiger partial charge in [0.15, 0.2) is 0 Å². The lowest BCUT2D eigenvalue weighted by Crippen LogP contribution is -2.24. The van der Waals surface area contributed by atoms with Gasteiger partial charge in [-0.1, -0.05) is 23.7 Å². The van der Waals surface area contributed by atoms with Crippen LogP contribution in [-0.2, 0) is 6.54 Å². The summed E-state index contributed by atoms with van der Waals surface area (Å²) in [7, 11) is 0.